The number of nitrogens with zero attached hydrogens (tertiary/aromatic N) is 4. The first-order valence-corrected chi connectivity index (χ1v) is 17.7. The number of esters is 1. The predicted molar refractivity (Wildman–Crippen MR) is 179 cm³/mol. The van der Waals surface area contributed by atoms with Crippen LogP contribution in [0.2, 0.25) is 0 Å². The Kier molecular flexibility index (Phi) is 10.9. The van der Waals surface area contributed by atoms with Crippen molar-refractivity contribution in [1.29, 1.82) is 0 Å². The lowest BCUT2D eigenvalue weighted by Crippen LogP contribution is -2.50. The van der Waals surface area contributed by atoms with Crippen molar-refractivity contribution < 1.29 is 50.2 Å². The molecule has 2 aromatic rings. The second-order valence-corrected chi connectivity index (χ2v) is 14.4. The van der Waals surface area contributed by atoms with E-state index in [9.17, 15) is 40.8 Å². The second kappa shape index (κ2) is 14.8. The van der Waals surface area contributed by atoms with Crippen LogP contribution in [0.1, 0.15) is 58.3 Å². The number of piperazine rings is 1. The lowest BCUT2D eigenvalue weighted by molar-refractivity contribution is -0.274. The number of hydrogen-bond donors (Lipinski definition) is 1. The van der Waals surface area contributed by atoms with Gasteiger partial charge in [-0.15, -0.1) is 13.2 Å². The molecule has 2 aromatic carbocycles. The zero-order valence-corrected chi connectivity index (χ0v) is 29.1. The van der Waals surface area contributed by atoms with Crippen LogP contribution in [-0.4, -0.2) is 110 Å². The highest BCUT2D eigenvalue weighted by Crippen LogP contribution is 2.33. The Bertz CT molecular complexity index is 1860. The van der Waals surface area contributed by atoms with E-state index < -0.39 is 39.6 Å². The number of sulfonamides is 1. The summed E-state index contributed by atoms with van der Waals surface area (Å²) >= 11 is 0. The lowest BCUT2D eigenvalue weighted by atomic mass is 9.89. The summed E-state index contributed by atoms with van der Waals surface area (Å²) in [4.78, 5) is 57.8. The number of methoxy groups -OCH3 is 1. The third-order valence-electron chi connectivity index (χ3n) is 9.17. The van der Waals surface area contributed by atoms with Gasteiger partial charge in [0, 0.05) is 62.2 Å². The van der Waals surface area contributed by atoms with Crippen molar-refractivity contribution in [2.24, 2.45) is 4.99 Å². The Morgan fingerprint density at radius 2 is 1.59 bits per heavy atom. The number of hydrogen-bond acceptors (Lipinski definition) is 9. The van der Waals surface area contributed by atoms with Gasteiger partial charge < -0.3 is 24.6 Å². The van der Waals surface area contributed by atoms with Gasteiger partial charge in [-0.1, -0.05) is 12.1 Å². The number of rotatable bonds is 9. The molecule has 0 bridgehead atoms. The minimum Gasteiger partial charge on any atom is -0.469 e. The summed E-state index contributed by atoms with van der Waals surface area (Å²) in [6.45, 7) is 4.87. The van der Waals surface area contributed by atoms with E-state index in [0.29, 0.717) is 48.4 Å². The molecule has 0 unspecified atom stereocenters. The fourth-order valence-corrected chi connectivity index (χ4v) is 7.53. The molecule has 3 amide bonds. The van der Waals surface area contributed by atoms with Crippen molar-refractivity contribution >= 4 is 45.6 Å². The fraction of sp³-hybridized carbons (Fsp3) is 0.441. The molecule has 274 valence electrons. The standard InChI is InChI=1S/C34H38F3N5O8S/c1-22-19-25(31(45)41-16-14-40(15-17-41)28(43)7-8-29(44)49-3)20-23(2)27(22)9-18-51(47,48)42-12-10-33(11-13-42)32(46)38-30(39-33)24-5-4-6-26(21-24)50-34(35,36)37/h4-6,9,18-21H,7-8,10-17H2,1-3H3,(H,38,39,46)/b18-9+. The number of amides is 3. The molecule has 3 aliphatic heterocycles. The van der Waals surface area contributed by atoms with Gasteiger partial charge in [0.2, 0.25) is 15.9 Å². The summed E-state index contributed by atoms with van der Waals surface area (Å²) in [5, 5.41) is 3.71. The Morgan fingerprint density at radius 1 is 0.961 bits per heavy atom. The quantitative estimate of drug-likeness (QED) is 0.386. The number of aliphatic imine (C=N–C) groups is 1. The van der Waals surface area contributed by atoms with Crippen LogP contribution in [0.25, 0.3) is 6.08 Å². The Balaban J connectivity index is 1.19. The van der Waals surface area contributed by atoms with Gasteiger partial charge in [-0.05, 0) is 73.7 Å². The van der Waals surface area contributed by atoms with Gasteiger partial charge in [0.1, 0.15) is 17.1 Å². The van der Waals surface area contributed by atoms with Gasteiger partial charge in [-0.25, -0.2) is 8.42 Å². The van der Waals surface area contributed by atoms with Crippen LogP contribution < -0.4 is 10.1 Å². The van der Waals surface area contributed by atoms with Crippen LogP contribution in [-0.2, 0) is 29.1 Å². The maximum Gasteiger partial charge on any atom is 0.573 e. The van der Waals surface area contributed by atoms with Crippen molar-refractivity contribution in [2.45, 2.75) is 51.4 Å². The van der Waals surface area contributed by atoms with Crippen molar-refractivity contribution in [3.05, 3.63) is 69.6 Å². The van der Waals surface area contributed by atoms with Crippen LogP contribution >= 0.6 is 0 Å². The van der Waals surface area contributed by atoms with Crippen molar-refractivity contribution in [3.8, 4) is 5.75 Å². The van der Waals surface area contributed by atoms with Crippen LogP contribution in [0.5, 0.6) is 5.75 Å². The van der Waals surface area contributed by atoms with E-state index in [0.717, 1.165) is 17.5 Å². The second-order valence-electron chi connectivity index (χ2n) is 12.5. The highest BCUT2D eigenvalue weighted by Gasteiger charge is 2.47. The molecule has 13 nitrogen and oxygen atoms in total. The topological polar surface area (TPSA) is 155 Å². The minimum absolute atomic E-state index is 0.00359. The number of halogens is 3. The summed E-state index contributed by atoms with van der Waals surface area (Å²) in [5.41, 5.74) is 1.41. The predicted octanol–water partition coefficient (Wildman–Crippen LogP) is 3.15. The van der Waals surface area contributed by atoms with Crippen molar-refractivity contribution in [1.82, 2.24) is 19.4 Å². The molecular weight excluding hydrogens is 695 g/mol. The van der Waals surface area contributed by atoms with Crippen molar-refractivity contribution in [3.63, 3.8) is 0 Å². The fourth-order valence-electron chi connectivity index (χ4n) is 6.36. The summed E-state index contributed by atoms with van der Waals surface area (Å²) in [6.07, 6.45) is -3.23. The van der Waals surface area contributed by atoms with Gasteiger partial charge in [0.05, 0.1) is 13.5 Å². The number of carbonyl (C=O) groups is 4. The molecule has 0 aromatic heterocycles. The maximum absolute atomic E-state index is 13.3. The molecule has 0 radical (unpaired) electrons. The molecular formula is C34H38F3N5O8S. The average Bonchev–Trinajstić information content (AvgIpc) is 3.40. The molecule has 3 heterocycles. The molecule has 2 fully saturated rings. The van der Waals surface area contributed by atoms with E-state index in [2.05, 4.69) is 19.8 Å². The van der Waals surface area contributed by atoms with E-state index >= 15 is 0 Å². The van der Waals surface area contributed by atoms with E-state index in [1.54, 1.807) is 35.8 Å². The molecule has 5 rings (SSSR count). The molecule has 0 saturated carbocycles. The average molecular weight is 734 g/mol. The summed E-state index contributed by atoms with van der Waals surface area (Å²) in [6, 6.07) is 8.47. The van der Waals surface area contributed by atoms with Gasteiger partial charge >= 0.3 is 12.3 Å². The zero-order valence-electron chi connectivity index (χ0n) is 28.3. The number of piperidine rings is 1. The van der Waals surface area contributed by atoms with E-state index in [4.69, 9.17) is 0 Å². The number of nitrogens with one attached hydrogen (secondary N) is 1. The minimum atomic E-state index is -4.88. The Hall–Kier alpha value is -4.77. The monoisotopic (exact) mass is 733 g/mol. The molecule has 17 heteroatoms. The number of amidine groups is 1. The molecule has 3 aliphatic rings. The number of alkyl halides is 3. The normalized spacial score (nSPS) is 18.2. The SMILES string of the molecule is COC(=O)CCC(=O)N1CCN(C(=O)c2cc(C)c(/C=C/S(=O)(=O)N3CCC4(CC3)N=C(c3cccc(OC(F)(F)F)c3)NC4=O)c(C)c2)CC1. The van der Waals surface area contributed by atoms with Crippen molar-refractivity contribution in [2.75, 3.05) is 46.4 Å². The van der Waals surface area contributed by atoms with E-state index in [1.807, 2.05) is 0 Å². The third kappa shape index (κ3) is 8.76. The molecule has 1 N–H and O–H groups in total. The number of aryl methyl sites for hydroxylation is 2. The summed E-state index contributed by atoms with van der Waals surface area (Å²) in [7, 11) is -2.65. The largest absolute Gasteiger partial charge is 0.573 e. The Morgan fingerprint density at radius 3 is 2.20 bits per heavy atom. The first kappa shape index (κ1) is 37.5. The highest BCUT2D eigenvalue weighted by atomic mass is 32.2. The number of carbonyl (C=O) groups excluding carboxylic acids is 4. The van der Waals surface area contributed by atoms with Crippen LogP contribution in [0, 0.1) is 13.8 Å². The number of ether oxygens (including phenoxy) is 2. The molecule has 1 spiro atoms. The molecule has 51 heavy (non-hydrogen) atoms. The smallest absolute Gasteiger partial charge is 0.469 e. The van der Waals surface area contributed by atoms with Gasteiger partial charge in [0.25, 0.3) is 11.8 Å². The number of benzene rings is 2. The first-order valence-electron chi connectivity index (χ1n) is 16.2. The van der Waals surface area contributed by atoms with E-state index in [-0.39, 0.29) is 62.0 Å². The third-order valence-corrected chi connectivity index (χ3v) is 10.7. The van der Waals surface area contributed by atoms with Crippen LogP contribution in [0.3, 0.4) is 0 Å². The molecule has 0 aliphatic carbocycles. The van der Waals surface area contributed by atoms with E-state index in [1.165, 1.54) is 29.6 Å². The molecule has 2 saturated heterocycles. The zero-order chi connectivity index (χ0) is 37.1. The first-order chi connectivity index (χ1) is 24.0. The summed E-state index contributed by atoms with van der Waals surface area (Å²) < 4.78 is 74.5. The molecule has 0 atom stereocenters. The van der Waals surface area contributed by atoms with Gasteiger partial charge in [0.15, 0.2) is 0 Å². The van der Waals surface area contributed by atoms with Crippen LogP contribution in [0.15, 0.2) is 46.8 Å². The van der Waals surface area contributed by atoms with Crippen LogP contribution in [0.4, 0.5) is 13.2 Å². The van der Waals surface area contributed by atoms with Gasteiger partial charge in [-0.2, -0.15) is 4.31 Å². The van der Waals surface area contributed by atoms with Gasteiger partial charge in [-0.3, -0.25) is 24.2 Å². The maximum atomic E-state index is 13.3. The Labute approximate surface area is 293 Å². The highest BCUT2D eigenvalue weighted by molar-refractivity contribution is 7.92. The summed E-state index contributed by atoms with van der Waals surface area (Å²) in [5.74, 6) is -1.68. The lowest BCUT2D eigenvalue weighted by Gasteiger charge is -2.35.